The molecule has 45 heavy (non-hydrogen) atoms. The highest BCUT2D eigenvalue weighted by molar-refractivity contribution is 5.86. The van der Waals surface area contributed by atoms with E-state index in [4.69, 9.17) is 14.2 Å². The molecule has 1 N–H and O–H groups in total. The molecule has 5 aromatic rings. The highest BCUT2D eigenvalue weighted by Gasteiger charge is 2.46. The monoisotopic (exact) mass is 612 g/mol. The maximum absolute atomic E-state index is 14.0. The third-order valence-corrected chi connectivity index (χ3v) is 8.06. The smallest absolute Gasteiger partial charge is 0.282 e. The van der Waals surface area contributed by atoms with Crippen LogP contribution >= 0.6 is 0 Å². The first-order chi connectivity index (χ1) is 21.8. The minimum atomic E-state index is -0.426. The molecule has 0 radical (unpaired) electrons. The van der Waals surface area contributed by atoms with E-state index >= 15 is 0 Å². The van der Waals surface area contributed by atoms with E-state index in [-0.39, 0.29) is 16.9 Å². The SMILES string of the molecule is C1COC2(C1)CC2.CNc1ccc(Oc2ccnc3cc(OC)ccc23)c(F)c1.Cc1c(C=O)c(=O)n(-c2ccccc2)n1C. The topological polar surface area (TPSA) is 96.6 Å². The van der Waals surface area contributed by atoms with Crippen molar-refractivity contribution in [3.8, 4) is 22.9 Å². The molecule has 7 rings (SSSR count). The van der Waals surface area contributed by atoms with E-state index in [0.29, 0.717) is 34.8 Å². The quantitative estimate of drug-likeness (QED) is 0.210. The van der Waals surface area contributed by atoms with Crippen molar-refractivity contribution in [2.24, 2.45) is 7.05 Å². The lowest BCUT2D eigenvalue weighted by Gasteiger charge is -2.11. The summed E-state index contributed by atoms with van der Waals surface area (Å²) < 4.78 is 33.5. The van der Waals surface area contributed by atoms with Crippen molar-refractivity contribution in [2.45, 2.75) is 38.2 Å². The van der Waals surface area contributed by atoms with Crippen LogP contribution in [0.3, 0.4) is 0 Å². The Morgan fingerprint density at radius 1 is 1.02 bits per heavy atom. The van der Waals surface area contributed by atoms with Crippen molar-refractivity contribution in [3.05, 3.63) is 106 Å². The van der Waals surface area contributed by atoms with Gasteiger partial charge in [-0.15, -0.1) is 0 Å². The van der Waals surface area contributed by atoms with Gasteiger partial charge >= 0.3 is 0 Å². The van der Waals surface area contributed by atoms with Crippen LogP contribution in [0.25, 0.3) is 16.6 Å². The van der Waals surface area contributed by atoms with Gasteiger partial charge < -0.3 is 19.5 Å². The molecule has 9 nitrogen and oxygen atoms in total. The van der Waals surface area contributed by atoms with Crippen molar-refractivity contribution in [1.29, 1.82) is 0 Å². The van der Waals surface area contributed by atoms with Crippen molar-refractivity contribution >= 4 is 22.9 Å². The number of benzene rings is 3. The summed E-state index contributed by atoms with van der Waals surface area (Å²) in [4.78, 5) is 27.0. The van der Waals surface area contributed by atoms with Crippen LogP contribution in [0.15, 0.2) is 83.8 Å². The minimum absolute atomic E-state index is 0.169. The third kappa shape index (κ3) is 7.07. The molecule has 1 aliphatic heterocycles. The van der Waals surface area contributed by atoms with Crippen LogP contribution in [-0.2, 0) is 11.8 Å². The van der Waals surface area contributed by atoms with Crippen molar-refractivity contribution in [1.82, 2.24) is 14.3 Å². The molecular formula is C35H37FN4O5. The first-order valence-corrected chi connectivity index (χ1v) is 14.8. The molecular weight excluding hydrogens is 575 g/mol. The van der Waals surface area contributed by atoms with Crippen molar-refractivity contribution < 1.29 is 23.4 Å². The van der Waals surface area contributed by atoms with Crippen LogP contribution in [0.2, 0.25) is 0 Å². The molecule has 0 unspecified atom stereocenters. The predicted molar refractivity (Wildman–Crippen MR) is 173 cm³/mol. The zero-order valence-electron chi connectivity index (χ0n) is 25.9. The largest absolute Gasteiger partial charge is 0.497 e. The van der Waals surface area contributed by atoms with Crippen LogP contribution in [0.1, 0.15) is 41.7 Å². The molecule has 2 fully saturated rings. The Morgan fingerprint density at radius 2 is 1.80 bits per heavy atom. The number of hydrogen-bond donors (Lipinski definition) is 1. The Kier molecular flexibility index (Phi) is 9.63. The lowest BCUT2D eigenvalue weighted by Crippen LogP contribution is -2.20. The first-order valence-electron chi connectivity index (χ1n) is 14.8. The molecule has 0 amide bonds. The summed E-state index contributed by atoms with van der Waals surface area (Å²) in [7, 11) is 5.09. The Hall–Kier alpha value is -4.96. The third-order valence-electron chi connectivity index (χ3n) is 8.06. The first kappa shape index (κ1) is 31.5. The summed E-state index contributed by atoms with van der Waals surface area (Å²) in [6, 6.07) is 21.2. The standard InChI is InChI=1S/C17H15FN2O2.C12H12N2O2.C6H10O/c1-19-11-3-6-17(14(18)9-11)22-16-7-8-20-15-10-12(21-2)4-5-13(15)16;1-9-11(8-15)12(16)14(13(9)2)10-6-4-3-5-7-10;1-2-6(3-4-6)7-5-1/h3-10,19H,1-2H3;3-8H,1-2H3;1-5H2. The summed E-state index contributed by atoms with van der Waals surface area (Å²) in [5.74, 6) is 0.998. The van der Waals surface area contributed by atoms with Gasteiger partial charge in [-0.1, -0.05) is 18.2 Å². The molecule has 1 saturated carbocycles. The number of aldehydes is 1. The van der Waals surface area contributed by atoms with Gasteiger partial charge in [-0.05, 0) is 75.1 Å². The number of nitrogens with zero attached hydrogens (tertiary/aromatic N) is 3. The fourth-order valence-electron chi connectivity index (χ4n) is 5.19. The van der Waals surface area contributed by atoms with Gasteiger partial charge in [-0.2, -0.15) is 0 Å². The molecule has 3 aromatic carbocycles. The molecule has 0 bridgehead atoms. The predicted octanol–water partition coefficient (Wildman–Crippen LogP) is 6.84. The van der Waals surface area contributed by atoms with Gasteiger partial charge in [0.15, 0.2) is 17.9 Å². The molecule has 2 aromatic heterocycles. The van der Waals surface area contributed by atoms with Gasteiger partial charge in [0, 0.05) is 55.8 Å². The average Bonchev–Trinajstić information content (AvgIpc) is 3.60. The van der Waals surface area contributed by atoms with Gasteiger partial charge in [0.05, 0.1) is 23.9 Å². The number of hydrogen-bond acceptors (Lipinski definition) is 7. The summed E-state index contributed by atoms with van der Waals surface area (Å²) in [6.45, 7) is 2.78. The lowest BCUT2D eigenvalue weighted by molar-refractivity contribution is 0.0909. The van der Waals surface area contributed by atoms with Crippen LogP contribution in [0, 0.1) is 12.7 Å². The molecule has 2 aliphatic rings. The number of ether oxygens (including phenoxy) is 3. The number of para-hydroxylation sites is 1. The fourth-order valence-corrected chi connectivity index (χ4v) is 5.19. The number of rotatable bonds is 6. The van der Waals surface area contributed by atoms with Crippen molar-refractivity contribution in [2.75, 3.05) is 26.1 Å². The average molecular weight is 613 g/mol. The summed E-state index contributed by atoms with van der Waals surface area (Å²) >= 11 is 0. The van der Waals surface area contributed by atoms with Gasteiger partial charge in [-0.25, -0.2) is 9.07 Å². The number of halogens is 1. The van der Waals surface area contributed by atoms with Crippen molar-refractivity contribution in [3.63, 3.8) is 0 Å². The van der Waals surface area contributed by atoms with Gasteiger partial charge in [0.25, 0.3) is 5.56 Å². The Balaban J connectivity index is 0.000000150. The summed E-state index contributed by atoms with van der Waals surface area (Å²) in [5.41, 5.74) is 3.22. The molecule has 3 heterocycles. The number of nitrogens with one attached hydrogen (secondary N) is 1. The molecule has 234 valence electrons. The zero-order chi connectivity index (χ0) is 32.0. The van der Waals surface area contributed by atoms with E-state index in [1.165, 1.54) is 36.4 Å². The number of fused-ring (bicyclic) bond motifs is 1. The summed E-state index contributed by atoms with van der Waals surface area (Å²) in [5, 5.41) is 3.67. The second-order valence-electron chi connectivity index (χ2n) is 10.9. The van der Waals surface area contributed by atoms with Gasteiger partial charge in [-0.3, -0.25) is 19.3 Å². The Labute approximate surface area is 261 Å². The normalized spacial score (nSPS) is 14.2. The van der Waals surface area contributed by atoms with Crippen LogP contribution in [0.4, 0.5) is 10.1 Å². The van der Waals surface area contributed by atoms with Crippen LogP contribution in [0.5, 0.6) is 17.2 Å². The molecule has 1 spiro atoms. The van der Waals surface area contributed by atoms with Crippen LogP contribution in [-0.4, -0.2) is 47.0 Å². The molecule has 1 aliphatic carbocycles. The fraction of sp³-hybridized carbons (Fsp3) is 0.286. The number of carbonyl (C=O) groups excluding carboxylic acids is 1. The van der Waals surface area contributed by atoms with Gasteiger partial charge in [0.1, 0.15) is 17.1 Å². The number of methoxy groups -OCH3 is 1. The van der Waals surface area contributed by atoms with E-state index < -0.39 is 5.82 Å². The number of pyridine rings is 1. The highest BCUT2D eigenvalue weighted by atomic mass is 19.1. The molecule has 10 heteroatoms. The number of anilines is 1. The second kappa shape index (κ2) is 13.8. The Bertz CT molecular complexity index is 1840. The maximum atomic E-state index is 14.0. The zero-order valence-corrected chi connectivity index (χ0v) is 25.9. The van der Waals surface area contributed by atoms with E-state index in [9.17, 15) is 14.0 Å². The van der Waals surface area contributed by atoms with Gasteiger partial charge in [0.2, 0.25) is 0 Å². The number of carbonyl (C=O) groups is 1. The van der Waals surface area contributed by atoms with E-state index in [1.54, 1.807) is 57.2 Å². The van der Waals surface area contributed by atoms with Crippen LogP contribution < -0.4 is 20.3 Å². The summed E-state index contributed by atoms with van der Waals surface area (Å²) in [6.07, 6.45) is 7.56. The maximum Gasteiger partial charge on any atom is 0.282 e. The molecule has 0 atom stereocenters. The minimum Gasteiger partial charge on any atom is -0.497 e. The molecule has 1 saturated heterocycles. The second-order valence-corrected chi connectivity index (χ2v) is 10.9. The number of aromatic nitrogens is 3. The Morgan fingerprint density at radius 3 is 2.38 bits per heavy atom. The highest BCUT2D eigenvalue weighted by Crippen LogP contribution is 2.47. The van der Waals surface area contributed by atoms with E-state index in [0.717, 1.165) is 23.2 Å². The lowest BCUT2D eigenvalue weighted by atomic mass is 10.2. The van der Waals surface area contributed by atoms with E-state index in [1.807, 2.05) is 48.5 Å². The van der Waals surface area contributed by atoms with E-state index in [2.05, 4.69) is 10.3 Å².